The maximum atomic E-state index is 11.3. The van der Waals surface area contributed by atoms with Gasteiger partial charge in [-0.3, -0.25) is 10.1 Å². The Bertz CT molecular complexity index is 788. The van der Waals surface area contributed by atoms with Crippen LogP contribution in [0.5, 0.6) is 5.75 Å². The topological polar surface area (TPSA) is 93.1 Å². The van der Waals surface area contributed by atoms with Crippen LogP contribution in [0.1, 0.15) is 5.56 Å². The summed E-state index contributed by atoms with van der Waals surface area (Å²) in [5.41, 5.74) is 1.30. The summed E-state index contributed by atoms with van der Waals surface area (Å²) >= 11 is 0. The molecule has 0 bridgehead atoms. The van der Waals surface area contributed by atoms with Gasteiger partial charge in [0.25, 0.3) is 5.69 Å². The number of benzene rings is 2. The number of aromatic nitrogens is 2. The Morgan fingerprint density at radius 1 is 1.22 bits per heavy atom. The third-order valence-electron chi connectivity index (χ3n) is 3.18. The van der Waals surface area contributed by atoms with Gasteiger partial charge in [0, 0.05) is 0 Å². The quantitative estimate of drug-likeness (QED) is 0.535. The zero-order valence-electron chi connectivity index (χ0n) is 12.1. The van der Waals surface area contributed by atoms with Crippen LogP contribution in [0.3, 0.4) is 0 Å². The van der Waals surface area contributed by atoms with Gasteiger partial charge in [0.1, 0.15) is 23.9 Å². The van der Waals surface area contributed by atoms with Gasteiger partial charge in [0.05, 0.1) is 23.5 Å². The summed E-state index contributed by atoms with van der Waals surface area (Å²) in [6.07, 6.45) is 3.04. The van der Waals surface area contributed by atoms with Crippen molar-refractivity contribution in [1.29, 1.82) is 0 Å². The molecule has 0 radical (unpaired) electrons. The molecule has 2 N–H and O–H groups in total. The van der Waals surface area contributed by atoms with Crippen molar-refractivity contribution in [3.05, 3.63) is 76.7 Å². The zero-order chi connectivity index (χ0) is 16.1. The van der Waals surface area contributed by atoms with Crippen LogP contribution in [-0.2, 0) is 6.61 Å². The molecule has 0 spiro atoms. The average molecular weight is 310 g/mol. The van der Waals surface area contributed by atoms with Gasteiger partial charge in [0.2, 0.25) is 0 Å². The lowest BCUT2D eigenvalue weighted by molar-refractivity contribution is -0.384. The van der Waals surface area contributed by atoms with Crippen LogP contribution in [0.25, 0.3) is 0 Å². The van der Waals surface area contributed by atoms with Gasteiger partial charge >= 0.3 is 0 Å². The molecule has 23 heavy (non-hydrogen) atoms. The molecule has 116 valence electrons. The molecule has 3 rings (SSSR count). The summed E-state index contributed by atoms with van der Waals surface area (Å²) in [6.45, 7) is 0.352. The second kappa shape index (κ2) is 6.61. The van der Waals surface area contributed by atoms with Crippen LogP contribution in [-0.4, -0.2) is 14.9 Å². The number of aromatic amines is 1. The lowest BCUT2D eigenvalue weighted by Crippen LogP contribution is -2.00. The van der Waals surface area contributed by atoms with Gasteiger partial charge in [-0.25, -0.2) is 4.98 Å². The molecule has 0 saturated heterocycles. The van der Waals surface area contributed by atoms with E-state index in [9.17, 15) is 10.1 Å². The van der Waals surface area contributed by atoms with Gasteiger partial charge in [-0.15, -0.1) is 0 Å². The minimum absolute atomic E-state index is 0.0647. The highest BCUT2D eigenvalue weighted by atomic mass is 16.6. The highest BCUT2D eigenvalue weighted by Gasteiger charge is 2.16. The van der Waals surface area contributed by atoms with Crippen LogP contribution < -0.4 is 10.1 Å². The number of rotatable bonds is 6. The molecular weight excluding hydrogens is 296 g/mol. The molecule has 0 saturated carbocycles. The summed E-state index contributed by atoms with van der Waals surface area (Å²) in [5.74, 6) is 1.02. The van der Waals surface area contributed by atoms with Crippen molar-refractivity contribution in [2.45, 2.75) is 6.61 Å². The molecule has 1 heterocycles. The Morgan fingerprint density at radius 2 is 2.04 bits per heavy atom. The van der Waals surface area contributed by atoms with Gasteiger partial charge in [-0.2, -0.15) is 0 Å². The first-order valence-electron chi connectivity index (χ1n) is 6.93. The van der Waals surface area contributed by atoms with Crippen molar-refractivity contribution in [3.8, 4) is 5.75 Å². The van der Waals surface area contributed by atoms with E-state index in [0.29, 0.717) is 23.9 Å². The Labute approximate surface area is 132 Å². The number of nitro groups is 1. The van der Waals surface area contributed by atoms with E-state index in [1.807, 2.05) is 30.3 Å². The molecule has 0 aliphatic rings. The smallest absolute Gasteiger partial charge is 0.296 e. The van der Waals surface area contributed by atoms with E-state index in [1.54, 1.807) is 18.3 Å². The van der Waals surface area contributed by atoms with Crippen LogP contribution in [0, 0.1) is 10.1 Å². The SMILES string of the molecule is O=[N+]([O-])c1cc(OCc2ccccc2)ccc1Nc1cnc[nH]1. The van der Waals surface area contributed by atoms with Crippen molar-refractivity contribution in [2.24, 2.45) is 0 Å². The number of hydrogen-bond acceptors (Lipinski definition) is 5. The van der Waals surface area contributed by atoms with Gasteiger partial charge in [-0.1, -0.05) is 30.3 Å². The summed E-state index contributed by atoms with van der Waals surface area (Å²) in [4.78, 5) is 17.5. The molecule has 2 aromatic carbocycles. The number of nitro benzene ring substituents is 1. The molecule has 0 amide bonds. The molecule has 0 fully saturated rings. The third-order valence-corrected chi connectivity index (χ3v) is 3.18. The van der Waals surface area contributed by atoms with Crippen LogP contribution in [0.4, 0.5) is 17.2 Å². The van der Waals surface area contributed by atoms with Crippen molar-refractivity contribution >= 4 is 17.2 Å². The minimum atomic E-state index is -0.450. The maximum absolute atomic E-state index is 11.3. The summed E-state index contributed by atoms with van der Waals surface area (Å²) < 4.78 is 5.62. The molecule has 1 aromatic heterocycles. The van der Waals surface area contributed by atoms with Crippen molar-refractivity contribution in [2.75, 3.05) is 5.32 Å². The molecule has 0 aliphatic heterocycles. The molecular formula is C16H14N4O3. The van der Waals surface area contributed by atoms with E-state index >= 15 is 0 Å². The fourth-order valence-corrected chi connectivity index (χ4v) is 2.07. The Morgan fingerprint density at radius 3 is 2.74 bits per heavy atom. The van der Waals surface area contributed by atoms with E-state index in [-0.39, 0.29) is 5.69 Å². The van der Waals surface area contributed by atoms with Crippen LogP contribution in [0.2, 0.25) is 0 Å². The summed E-state index contributed by atoms with van der Waals surface area (Å²) in [7, 11) is 0. The molecule has 7 nitrogen and oxygen atoms in total. The molecule has 0 atom stereocenters. The Hall–Kier alpha value is -3.35. The first-order chi connectivity index (χ1) is 11.2. The highest BCUT2D eigenvalue weighted by molar-refractivity contribution is 5.69. The standard InChI is InChI=1S/C16H14N4O3/c21-20(22)15-8-13(23-10-12-4-2-1-3-5-12)6-7-14(15)19-16-9-17-11-18-16/h1-9,11,19H,10H2,(H,17,18). The Balaban J connectivity index is 1.77. The maximum Gasteiger partial charge on any atom is 0.296 e. The van der Waals surface area contributed by atoms with Crippen LogP contribution in [0.15, 0.2) is 61.1 Å². The zero-order valence-corrected chi connectivity index (χ0v) is 12.1. The van der Waals surface area contributed by atoms with Crippen LogP contribution >= 0.6 is 0 Å². The molecule has 7 heteroatoms. The predicted molar refractivity (Wildman–Crippen MR) is 85.7 cm³/mol. The number of anilines is 2. The Kier molecular flexibility index (Phi) is 4.19. The monoisotopic (exact) mass is 310 g/mol. The number of imidazole rings is 1. The highest BCUT2D eigenvalue weighted by Crippen LogP contribution is 2.31. The summed E-state index contributed by atoms with van der Waals surface area (Å²) in [5, 5.41) is 14.2. The van der Waals surface area contributed by atoms with E-state index in [1.165, 1.54) is 12.4 Å². The fourth-order valence-electron chi connectivity index (χ4n) is 2.07. The number of nitrogens with one attached hydrogen (secondary N) is 2. The minimum Gasteiger partial charge on any atom is -0.489 e. The normalized spacial score (nSPS) is 10.3. The number of nitrogens with zero attached hydrogens (tertiary/aromatic N) is 2. The van der Waals surface area contributed by atoms with Crippen molar-refractivity contribution in [1.82, 2.24) is 9.97 Å². The van der Waals surface area contributed by atoms with E-state index in [0.717, 1.165) is 5.56 Å². The molecule has 0 unspecified atom stereocenters. The number of hydrogen-bond donors (Lipinski definition) is 2. The lowest BCUT2D eigenvalue weighted by Gasteiger charge is -2.09. The van der Waals surface area contributed by atoms with Crippen molar-refractivity contribution < 1.29 is 9.66 Å². The molecule has 3 aromatic rings. The largest absolute Gasteiger partial charge is 0.489 e. The van der Waals surface area contributed by atoms with E-state index in [4.69, 9.17) is 4.74 Å². The van der Waals surface area contributed by atoms with Crippen molar-refractivity contribution in [3.63, 3.8) is 0 Å². The summed E-state index contributed by atoms with van der Waals surface area (Å²) in [6, 6.07) is 14.3. The first kappa shape index (κ1) is 14.6. The lowest BCUT2D eigenvalue weighted by atomic mass is 10.2. The fraction of sp³-hybridized carbons (Fsp3) is 0.0625. The second-order valence-electron chi connectivity index (χ2n) is 4.80. The third kappa shape index (κ3) is 3.65. The average Bonchev–Trinajstić information content (AvgIpc) is 3.07. The van der Waals surface area contributed by atoms with Gasteiger partial charge < -0.3 is 15.0 Å². The predicted octanol–water partition coefficient (Wildman–Crippen LogP) is 3.64. The number of H-pyrrole nitrogens is 1. The molecule has 0 aliphatic carbocycles. The second-order valence-corrected chi connectivity index (χ2v) is 4.80. The van der Waals surface area contributed by atoms with E-state index < -0.39 is 4.92 Å². The first-order valence-corrected chi connectivity index (χ1v) is 6.93. The van der Waals surface area contributed by atoms with Gasteiger partial charge in [-0.05, 0) is 17.7 Å². The van der Waals surface area contributed by atoms with Gasteiger partial charge in [0.15, 0.2) is 0 Å². The number of ether oxygens (including phenoxy) is 1. The van der Waals surface area contributed by atoms with E-state index in [2.05, 4.69) is 15.3 Å².